The van der Waals surface area contributed by atoms with Gasteiger partial charge in [-0.1, -0.05) is 36.8 Å². The number of likely N-dealkylation sites (tertiary alicyclic amines) is 1. The number of halogens is 1. The van der Waals surface area contributed by atoms with Crippen molar-refractivity contribution in [2.45, 2.75) is 53.9 Å². The zero-order chi connectivity index (χ0) is 32.3. The predicted molar refractivity (Wildman–Crippen MR) is 175 cm³/mol. The number of hydrogen-bond donors (Lipinski definition) is 0. The molecule has 3 atom stereocenters. The summed E-state index contributed by atoms with van der Waals surface area (Å²) in [6, 6.07) is 22.3. The van der Waals surface area contributed by atoms with Gasteiger partial charge in [0, 0.05) is 55.1 Å². The van der Waals surface area contributed by atoms with Gasteiger partial charge in [0.2, 0.25) is 9.84 Å². The molecule has 0 aromatic heterocycles. The average molecular weight is 644 g/mol. The van der Waals surface area contributed by atoms with Crippen LogP contribution in [0, 0.1) is 36.1 Å². The Morgan fingerprint density at radius 3 is 2.30 bits per heavy atom. The molecule has 0 unspecified atom stereocenters. The summed E-state index contributed by atoms with van der Waals surface area (Å²) in [6.45, 7) is 13.1. The number of esters is 1. The lowest BCUT2D eigenvalue weighted by Gasteiger charge is -2.46. The molecule has 2 heterocycles. The molecule has 3 fully saturated rings. The summed E-state index contributed by atoms with van der Waals surface area (Å²) in [7, 11) is -2.13. The number of methoxy groups -OCH3 is 1. The number of piperidine rings is 1. The van der Waals surface area contributed by atoms with E-state index in [4.69, 9.17) is 11.3 Å². The molecule has 0 N–H and O–H groups in total. The summed E-state index contributed by atoms with van der Waals surface area (Å²) in [5, 5.41) is 0. The zero-order valence-electron chi connectivity index (χ0n) is 26.4. The van der Waals surface area contributed by atoms with Gasteiger partial charge in [-0.2, -0.15) is 0 Å². The van der Waals surface area contributed by atoms with Crippen LogP contribution in [-0.4, -0.2) is 59.1 Å². The number of sulfone groups is 1. The van der Waals surface area contributed by atoms with Crippen LogP contribution in [0.15, 0.2) is 88.7 Å². The van der Waals surface area contributed by atoms with Crippen LogP contribution in [0.4, 0.5) is 10.1 Å². The normalized spacial score (nSPS) is 22.5. The maximum Gasteiger partial charge on any atom is 0.305 e. The highest BCUT2D eigenvalue weighted by Gasteiger charge is 2.58. The third-order valence-electron chi connectivity index (χ3n) is 10.6. The molecule has 9 heteroatoms. The lowest BCUT2D eigenvalue weighted by molar-refractivity contribution is -0.142. The van der Waals surface area contributed by atoms with Crippen LogP contribution in [0.3, 0.4) is 0 Å². The lowest BCUT2D eigenvalue weighted by atomic mass is 9.63. The molecule has 242 valence electrons. The van der Waals surface area contributed by atoms with Gasteiger partial charge in [-0.25, -0.2) is 19.4 Å². The molecule has 2 aliphatic heterocycles. The Bertz CT molecular complexity index is 1660. The number of benzene rings is 3. The number of rotatable bonds is 10. The van der Waals surface area contributed by atoms with Crippen LogP contribution in [0.25, 0.3) is 4.85 Å². The van der Waals surface area contributed by atoms with E-state index < -0.39 is 15.4 Å². The van der Waals surface area contributed by atoms with E-state index in [1.807, 2.05) is 18.2 Å². The Balaban J connectivity index is 1.08. The highest BCUT2D eigenvalue weighted by molar-refractivity contribution is 7.91. The first-order valence-electron chi connectivity index (χ1n) is 16.3. The van der Waals surface area contributed by atoms with Crippen LogP contribution < -0.4 is 4.90 Å². The van der Waals surface area contributed by atoms with Crippen molar-refractivity contribution in [3.05, 3.63) is 102 Å². The summed E-state index contributed by atoms with van der Waals surface area (Å²) in [4.78, 5) is 22.1. The van der Waals surface area contributed by atoms with Crippen LogP contribution in [0.5, 0.6) is 0 Å². The molecule has 6 rings (SSSR count). The van der Waals surface area contributed by atoms with E-state index in [0.29, 0.717) is 22.1 Å². The Labute approximate surface area is 272 Å². The van der Waals surface area contributed by atoms with Gasteiger partial charge in [-0.3, -0.25) is 4.79 Å². The average Bonchev–Trinajstić information content (AvgIpc) is 3.52. The fourth-order valence-electron chi connectivity index (χ4n) is 8.28. The highest BCUT2D eigenvalue weighted by atomic mass is 32.2. The molecule has 0 radical (unpaired) electrons. The van der Waals surface area contributed by atoms with E-state index >= 15 is 0 Å². The van der Waals surface area contributed by atoms with E-state index in [9.17, 15) is 17.6 Å². The van der Waals surface area contributed by atoms with Gasteiger partial charge in [0.25, 0.3) is 5.54 Å². The summed E-state index contributed by atoms with van der Waals surface area (Å²) in [5.74, 6) is 0.0558. The fourth-order valence-corrected chi connectivity index (χ4v) is 9.56. The lowest BCUT2D eigenvalue weighted by Crippen LogP contribution is -2.53. The summed E-state index contributed by atoms with van der Waals surface area (Å²) >= 11 is 0. The van der Waals surface area contributed by atoms with Crippen LogP contribution in [0.2, 0.25) is 0 Å². The van der Waals surface area contributed by atoms with E-state index in [0.717, 1.165) is 76.1 Å². The molecule has 3 aliphatic rings. The van der Waals surface area contributed by atoms with Crippen molar-refractivity contribution in [2.75, 3.05) is 44.7 Å². The molecule has 46 heavy (non-hydrogen) atoms. The van der Waals surface area contributed by atoms with Gasteiger partial charge in [0.1, 0.15) is 5.82 Å². The molecule has 7 nitrogen and oxygen atoms in total. The number of anilines is 1. The number of hydrogen-bond acceptors (Lipinski definition) is 6. The SMILES string of the molecule is [C-]#[N+][C@@](c1cccc(F)c1)(C1CCN(CC2CN(c3ccc(S(=O)(=O)c4ccccc4)cc3)C2)CC1)[C@H]1CCC[C@@H]1CC(=O)OC. The Kier molecular flexibility index (Phi) is 9.49. The van der Waals surface area contributed by atoms with Gasteiger partial charge in [-0.15, -0.1) is 0 Å². The maximum absolute atomic E-state index is 14.6. The Morgan fingerprint density at radius 2 is 1.65 bits per heavy atom. The van der Waals surface area contributed by atoms with Crippen LogP contribution in [-0.2, 0) is 24.9 Å². The third kappa shape index (κ3) is 6.30. The Morgan fingerprint density at radius 1 is 0.957 bits per heavy atom. The first-order chi connectivity index (χ1) is 22.2. The molecule has 0 amide bonds. The standard InChI is InChI=1S/C37H42FN3O4S/c1-39-37(30-9-7-10-31(38)23-30,35-13-6-8-28(35)22-36(42)45-2)29-18-20-40(21-19-29)24-27-25-41(26-27)32-14-16-34(17-15-32)46(43,44)33-11-4-3-5-12-33/h3-5,7,9-12,14-17,23,27-29,35H,6,8,13,18-22,24-26H2,2H3/t28-,35+,37-/m1/s1. The molecular formula is C37H42FN3O4S. The fraction of sp³-hybridized carbons (Fsp3) is 0.459. The van der Waals surface area contributed by atoms with Gasteiger partial charge in [-0.05, 0) is 93.2 Å². The topological polar surface area (TPSA) is 71.3 Å². The molecule has 3 aromatic rings. The van der Waals surface area contributed by atoms with Crippen molar-refractivity contribution < 1.29 is 22.3 Å². The molecule has 2 saturated heterocycles. The minimum atomic E-state index is -3.54. The minimum absolute atomic E-state index is 0.0169. The van der Waals surface area contributed by atoms with Crippen molar-refractivity contribution in [3.8, 4) is 0 Å². The quantitative estimate of drug-likeness (QED) is 0.183. The second-order valence-corrected chi connectivity index (χ2v) is 15.1. The first-order valence-corrected chi connectivity index (χ1v) is 17.8. The summed E-state index contributed by atoms with van der Waals surface area (Å²) in [5.41, 5.74) is 0.911. The largest absolute Gasteiger partial charge is 0.469 e. The third-order valence-corrected chi connectivity index (χ3v) is 12.4. The van der Waals surface area contributed by atoms with E-state index in [-0.39, 0.29) is 29.5 Å². The maximum atomic E-state index is 14.6. The number of carbonyl (C=O) groups excluding carboxylic acids is 1. The summed E-state index contributed by atoms with van der Waals surface area (Å²) in [6.07, 6.45) is 4.72. The molecule has 3 aromatic carbocycles. The second kappa shape index (κ2) is 13.5. The number of carbonyl (C=O) groups is 1. The number of ether oxygens (including phenoxy) is 1. The Hall–Kier alpha value is -3.74. The van der Waals surface area contributed by atoms with E-state index in [1.165, 1.54) is 13.2 Å². The van der Waals surface area contributed by atoms with E-state index in [2.05, 4.69) is 14.6 Å². The predicted octanol–water partition coefficient (Wildman–Crippen LogP) is 6.60. The zero-order valence-corrected chi connectivity index (χ0v) is 27.2. The van der Waals surface area contributed by atoms with Gasteiger partial charge in [0.15, 0.2) is 0 Å². The molecular weight excluding hydrogens is 601 g/mol. The van der Waals surface area contributed by atoms with Gasteiger partial charge in [0.05, 0.1) is 16.9 Å². The van der Waals surface area contributed by atoms with Crippen molar-refractivity contribution >= 4 is 21.5 Å². The van der Waals surface area contributed by atoms with E-state index in [1.54, 1.807) is 54.6 Å². The van der Waals surface area contributed by atoms with Crippen molar-refractivity contribution in [2.24, 2.45) is 23.7 Å². The van der Waals surface area contributed by atoms with Crippen LogP contribution in [0.1, 0.15) is 44.1 Å². The smallest absolute Gasteiger partial charge is 0.305 e. The second-order valence-electron chi connectivity index (χ2n) is 13.2. The van der Waals surface area contributed by atoms with Crippen molar-refractivity contribution in [1.29, 1.82) is 0 Å². The highest BCUT2D eigenvalue weighted by Crippen LogP contribution is 2.54. The minimum Gasteiger partial charge on any atom is -0.469 e. The van der Waals surface area contributed by atoms with Crippen molar-refractivity contribution in [1.82, 2.24) is 4.90 Å². The van der Waals surface area contributed by atoms with Gasteiger partial charge < -0.3 is 19.4 Å². The monoisotopic (exact) mass is 643 g/mol. The van der Waals surface area contributed by atoms with Crippen molar-refractivity contribution in [3.63, 3.8) is 0 Å². The summed E-state index contributed by atoms with van der Waals surface area (Å²) < 4.78 is 45.5. The number of nitrogens with zero attached hydrogens (tertiary/aromatic N) is 3. The molecule has 0 spiro atoms. The first kappa shape index (κ1) is 32.2. The molecule has 1 aliphatic carbocycles. The van der Waals surface area contributed by atoms with Crippen LogP contribution >= 0.6 is 0 Å². The van der Waals surface area contributed by atoms with Gasteiger partial charge >= 0.3 is 5.97 Å². The molecule has 1 saturated carbocycles. The molecule has 0 bridgehead atoms.